The van der Waals surface area contributed by atoms with Gasteiger partial charge in [0.25, 0.3) is 0 Å². The molecule has 150 valence electrons. The highest BCUT2D eigenvalue weighted by Gasteiger charge is 2.29. The van der Waals surface area contributed by atoms with E-state index in [9.17, 15) is 13.2 Å². The van der Waals surface area contributed by atoms with Crippen molar-refractivity contribution >= 4 is 21.6 Å². The fourth-order valence-electron chi connectivity index (χ4n) is 2.99. The number of nitrogens with one attached hydrogen (secondary N) is 1. The lowest BCUT2D eigenvalue weighted by molar-refractivity contribution is -0.115. The summed E-state index contributed by atoms with van der Waals surface area (Å²) in [6.07, 6.45) is 0.0590. The molecule has 0 saturated carbocycles. The van der Waals surface area contributed by atoms with Gasteiger partial charge in [-0.15, -0.1) is 0 Å². The van der Waals surface area contributed by atoms with Crippen LogP contribution in [0.25, 0.3) is 0 Å². The van der Waals surface area contributed by atoms with E-state index in [0.29, 0.717) is 37.6 Å². The number of hydrogen-bond donors (Lipinski definition) is 1. The molecular formula is C20H24N2O5S. The van der Waals surface area contributed by atoms with Gasteiger partial charge in [-0.25, -0.2) is 8.42 Å². The third kappa shape index (κ3) is 4.70. The summed E-state index contributed by atoms with van der Waals surface area (Å²) < 4.78 is 37.9. The summed E-state index contributed by atoms with van der Waals surface area (Å²) in [7, 11) is -2.30. The second kappa shape index (κ2) is 8.72. The Bertz CT molecular complexity index is 936. The topological polar surface area (TPSA) is 84.9 Å². The van der Waals surface area contributed by atoms with Gasteiger partial charge in [0.05, 0.1) is 26.7 Å². The van der Waals surface area contributed by atoms with E-state index in [2.05, 4.69) is 5.32 Å². The predicted octanol–water partition coefficient (Wildman–Crippen LogP) is 2.21. The summed E-state index contributed by atoms with van der Waals surface area (Å²) in [4.78, 5) is 12.4. The fraction of sp³-hybridized carbons (Fsp3) is 0.350. The number of nitrogens with zero attached hydrogens (tertiary/aromatic N) is 1. The first-order valence-electron chi connectivity index (χ1n) is 9.01. The Kier molecular flexibility index (Phi) is 6.33. The van der Waals surface area contributed by atoms with Gasteiger partial charge in [-0.05, 0) is 36.8 Å². The van der Waals surface area contributed by atoms with Crippen LogP contribution in [0.15, 0.2) is 47.4 Å². The molecule has 1 aliphatic rings. The van der Waals surface area contributed by atoms with Crippen LogP contribution < -0.4 is 10.1 Å². The van der Waals surface area contributed by atoms with Gasteiger partial charge in [-0.2, -0.15) is 4.31 Å². The Labute approximate surface area is 165 Å². The average molecular weight is 404 g/mol. The van der Waals surface area contributed by atoms with E-state index in [1.165, 1.54) is 17.5 Å². The van der Waals surface area contributed by atoms with Crippen molar-refractivity contribution in [3.05, 3.63) is 53.6 Å². The molecule has 1 amide bonds. The van der Waals surface area contributed by atoms with Gasteiger partial charge < -0.3 is 14.8 Å². The van der Waals surface area contributed by atoms with Gasteiger partial charge >= 0.3 is 0 Å². The molecule has 0 atom stereocenters. The highest BCUT2D eigenvalue weighted by Crippen LogP contribution is 2.28. The molecule has 0 aliphatic carbocycles. The zero-order valence-corrected chi connectivity index (χ0v) is 16.8. The maximum atomic E-state index is 13.0. The lowest BCUT2D eigenvalue weighted by Crippen LogP contribution is -2.40. The second-order valence-corrected chi connectivity index (χ2v) is 8.50. The highest BCUT2D eigenvalue weighted by molar-refractivity contribution is 7.89. The van der Waals surface area contributed by atoms with Crippen molar-refractivity contribution in [2.24, 2.45) is 0 Å². The van der Waals surface area contributed by atoms with Crippen molar-refractivity contribution in [2.45, 2.75) is 18.2 Å². The van der Waals surface area contributed by atoms with Crippen LogP contribution in [0.4, 0.5) is 5.69 Å². The number of methoxy groups -OCH3 is 1. The van der Waals surface area contributed by atoms with E-state index in [-0.39, 0.29) is 23.0 Å². The fourth-order valence-corrected chi connectivity index (χ4v) is 4.60. The first kappa shape index (κ1) is 20.3. The normalized spacial score (nSPS) is 15.2. The first-order valence-corrected chi connectivity index (χ1v) is 10.5. The van der Waals surface area contributed by atoms with Gasteiger partial charge in [-0.3, -0.25) is 4.79 Å². The monoisotopic (exact) mass is 404 g/mol. The van der Waals surface area contributed by atoms with Crippen LogP contribution in [0.1, 0.15) is 11.1 Å². The van der Waals surface area contributed by atoms with Crippen molar-refractivity contribution in [2.75, 3.05) is 38.7 Å². The summed E-state index contributed by atoms with van der Waals surface area (Å²) >= 11 is 0. The molecular weight excluding hydrogens is 380 g/mol. The number of morpholine rings is 1. The zero-order valence-electron chi connectivity index (χ0n) is 16.0. The van der Waals surface area contributed by atoms with Crippen LogP contribution in [-0.4, -0.2) is 52.0 Å². The molecule has 2 aromatic carbocycles. The maximum absolute atomic E-state index is 13.0. The smallest absolute Gasteiger partial charge is 0.246 e. The molecule has 0 spiro atoms. The molecule has 1 aliphatic heterocycles. The van der Waals surface area contributed by atoms with Gasteiger partial charge in [0.1, 0.15) is 10.6 Å². The Balaban J connectivity index is 1.80. The minimum absolute atomic E-state index is 0.0590. The van der Waals surface area contributed by atoms with Gasteiger partial charge in [0, 0.05) is 18.8 Å². The maximum Gasteiger partial charge on any atom is 0.246 e. The molecule has 0 aromatic heterocycles. The standard InChI is InChI=1S/C20H24N2O5S/c1-15-3-6-17(7-4-15)21-20(23)14-16-5-8-18(26-2)19(13-16)28(24,25)22-9-11-27-12-10-22/h3-8,13H,9-12,14H2,1-2H3,(H,21,23). The molecule has 1 N–H and O–H groups in total. The number of amides is 1. The molecule has 0 bridgehead atoms. The number of rotatable bonds is 6. The quantitative estimate of drug-likeness (QED) is 0.798. The van der Waals surface area contributed by atoms with E-state index in [1.54, 1.807) is 12.1 Å². The van der Waals surface area contributed by atoms with Gasteiger partial charge in [0.2, 0.25) is 15.9 Å². The number of sulfonamides is 1. The average Bonchev–Trinajstić information content (AvgIpc) is 2.70. The summed E-state index contributed by atoms with van der Waals surface area (Å²) in [5, 5.41) is 2.82. The summed E-state index contributed by atoms with van der Waals surface area (Å²) in [5.74, 6) is 0.0397. The number of anilines is 1. The Morgan fingerprint density at radius 2 is 1.82 bits per heavy atom. The SMILES string of the molecule is COc1ccc(CC(=O)Nc2ccc(C)cc2)cc1S(=O)(=O)N1CCOCC1. The Hall–Kier alpha value is -2.42. The summed E-state index contributed by atoms with van der Waals surface area (Å²) in [6, 6.07) is 12.3. The Morgan fingerprint density at radius 3 is 2.46 bits per heavy atom. The lowest BCUT2D eigenvalue weighted by Gasteiger charge is -2.26. The minimum Gasteiger partial charge on any atom is -0.495 e. The molecule has 2 aromatic rings. The molecule has 3 rings (SSSR count). The van der Waals surface area contributed by atoms with Crippen LogP contribution >= 0.6 is 0 Å². The van der Waals surface area contributed by atoms with Crippen LogP contribution in [0.5, 0.6) is 5.75 Å². The lowest BCUT2D eigenvalue weighted by atomic mass is 10.1. The van der Waals surface area contributed by atoms with Crippen LogP contribution in [0, 0.1) is 6.92 Å². The van der Waals surface area contributed by atoms with Crippen molar-refractivity contribution in [1.29, 1.82) is 0 Å². The van der Waals surface area contributed by atoms with Crippen LogP contribution in [0.3, 0.4) is 0 Å². The summed E-state index contributed by atoms with van der Waals surface area (Å²) in [5.41, 5.74) is 2.40. The van der Waals surface area contributed by atoms with Crippen molar-refractivity contribution in [3.8, 4) is 5.75 Å². The van der Waals surface area contributed by atoms with Crippen molar-refractivity contribution in [3.63, 3.8) is 0 Å². The number of hydrogen-bond acceptors (Lipinski definition) is 5. The second-order valence-electron chi connectivity index (χ2n) is 6.59. The van der Waals surface area contributed by atoms with E-state index >= 15 is 0 Å². The number of aryl methyl sites for hydroxylation is 1. The number of carbonyl (C=O) groups excluding carboxylic acids is 1. The molecule has 1 saturated heterocycles. The van der Waals surface area contributed by atoms with E-state index in [0.717, 1.165) is 5.56 Å². The molecule has 0 radical (unpaired) electrons. The number of carbonyl (C=O) groups is 1. The summed E-state index contributed by atoms with van der Waals surface area (Å²) in [6.45, 7) is 3.28. The molecule has 7 nitrogen and oxygen atoms in total. The minimum atomic E-state index is -3.73. The molecule has 1 fully saturated rings. The third-order valence-corrected chi connectivity index (χ3v) is 6.44. The van der Waals surface area contributed by atoms with Gasteiger partial charge in [0.15, 0.2) is 0 Å². The van der Waals surface area contributed by atoms with Crippen LogP contribution in [-0.2, 0) is 26.0 Å². The third-order valence-electron chi connectivity index (χ3n) is 4.52. The number of benzene rings is 2. The first-order chi connectivity index (χ1) is 13.4. The van der Waals surface area contributed by atoms with Crippen molar-refractivity contribution < 1.29 is 22.7 Å². The zero-order chi connectivity index (χ0) is 20.1. The predicted molar refractivity (Wildman–Crippen MR) is 106 cm³/mol. The molecule has 0 unspecified atom stereocenters. The van der Waals surface area contributed by atoms with E-state index < -0.39 is 10.0 Å². The molecule has 1 heterocycles. The number of ether oxygens (including phenoxy) is 2. The van der Waals surface area contributed by atoms with E-state index in [1.807, 2.05) is 31.2 Å². The van der Waals surface area contributed by atoms with E-state index in [4.69, 9.17) is 9.47 Å². The highest BCUT2D eigenvalue weighted by atomic mass is 32.2. The van der Waals surface area contributed by atoms with Crippen LogP contribution in [0.2, 0.25) is 0 Å². The van der Waals surface area contributed by atoms with Gasteiger partial charge in [-0.1, -0.05) is 23.8 Å². The Morgan fingerprint density at radius 1 is 1.14 bits per heavy atom. The van der Waals surface area contributed by atoms with Crippen molar-refractivity contribution in [1.82, 2.24) is 4.31 Å². The molecule has 8 heteroatoms. The largest absolute Gasteiger partial charge is 0.495 e. The molecule has 28 heavy (non-hydrogen) atoms.